The second-order valence-electron chi connectivity index (χ2n) is 8.36. The Morgan fingerprint density at radius 1 is 1.05 bits per heavy atom. The number of fused-ring (bicyclic) bond motifs is 1. The van der Waals surface area contributed by atoms with Crippen molar-refractivity contribution in [1.82, 2.24) is 9.55 Å². The van der Waals surface area contributed by atoms with Gasteiger partial charge in [0.1, 0.15) is 11.7 Å². The van der Waals surface area contributed by atoms with E-state index in [1.54, 1.807) is 35.7 Å². The molecule has 0 radical (unpaired) electrons. The molecule has 3 N–H and O–H groups in total. The summed E-state index contributed by atoms with van der Waals surface area (Å²) in [7, 11) is 1.96. The molecule has 0 aliphatic heterocycles. The third-order valence-electron chi connectivity index (χ3n) is 5.91. The van der Waals surface area contributed by atoms with Gasteiger partial charge in [0.05, 0.1) is 29.8 Å². The Kier molecular flexibility index (Phi) is 9.92. The standard InChI is InChI=1S/C28H29N5O3S.ClH/c1-3-36-26(34)15-16-33(21-7-5-4-6-8-21)28(35)20-11-14-24-23(17-20)31-25(32(24)2)18-37-22-12-9-19(10-13-22)27(29)30;/h4-14,17H,3,15-16,18H2,1-2H3,(H3,29,30);1H. The van der Waals surface area contributed by atoms with Gasteiger partial charge < -0.3 is 19.9 Å². The molecule has 0 spiro atoms. The number of carbonyl (C=O) groups is 2. The average molecular weight is 552 g/mol. The Morgan fingerprint density at radius 3 is 2.39 bits per heavy atom. The number of para-hydroxylation sites is 1. The lowest BCUT2D eigenvalue weighted by atomic mass is 10.1. The van der Waals surface area contributed by atoms with Crippen LogP contribution in [0, 0.1) is 5.41 Å². The summed E-state index contributed by atoms with van der Waals surface area (Å²) in [5.74, 6) is 1.02. The quantitative estimate of drug-likeness (QED) is 0.122. The van der Waals surface area contributed by atoms with Crippen LogP contribution in [0.25, 0.3) is 11.0 Å². The maximum Gasteiger partial charge on any atom is 0.307 e. The number of amides is 1. The van der Waals surface area contributed by atoms with Gasteiger partial charge >= 0.3 is 5.97 Å². The van der Waals surface area contributed by atoms with Gasteiger partial charge in [-0.2, -0.15) is 0 Å². The molecule has 3 aromatic carbocycles. The maximum atomic E-state index is 13.5. The van der Waals surface area contributed by atoms with E-state index in [9.17, 15) is 9.59 Å². The molecule has 0 aliphatic carbocycles. The van der Waals surface area contributed by atoms with Crippen LogP contribution < -0.4 is 10.6 Å². The minimum Gasteiger partial charge on any atom is -0.466 e. The number of hydrogen-bond acceptors (Lipinski definition) is 6. The number of anilines is 1. The highest BCUT2D eigenvalue weighted by Crippen LogP contribution is 2.26. The minimum absolute atomic E-state index is 0. The molecule has 0 atom stereocenters. The SMILES string of the molecule is CCOC(=O)CCN(C(=O)c1ccc2c(c1)nc(CSc1ccc(C(=N)N)cc1)n2C)c1ccccc1.Cl. The van der Waals surface area contributed by atoms with Crippen molar-refractivity contribution in [3.05, 3.63) is 89.7 Å². The molecule has 0 aliphatic rings. The number of nitrogens with one attached hydrogen (secondary N) is 1. The lowest BCUT2D eigenvalue weighted by Crippen LogP contribution is -2.33. The lowest BCUT2D eigenvalue weighted by Gasteiger charge is -2.22. The number of rotatable bonds is 10. The van der Waals surface area contributed by atoms with Crippen molar-refractivity contribution in [3.8, 4) is 0 Å². The molecule has 10 heteroatoms. The van der Waals surface area contributed by atoms with Crippen LogP contribution in [0.4, 0.5) is 5.69 Å². The Hall–Kier alpha value is -3.82. The fourth-order valence-corrected chi connectivity index (χ4v) is 4.82. The first-order chi connectivity index (χ1) is 17.9. The molecule has 1 amide bonds. The van der Waals surface area contributed by atoms with Crippen LogP contribution in [0.1, 0.15) is 35.1 Å². The largest absolute Gasteiger partial charge is 0.466 e. The molecule has 38 heavy (non-hydrogen) atoms. The second-order valence-corrected chi connectivity index (χ2v) is 9.41. The number of esters is 1. The van der Waals surface area contributed by atoms with E-state index in [1.807, 2.05) is 72.3 Å². The van der Waals surface area contributed by atoms with Crippen LogP contribution in [-0.4, -0.2) is 40.4 Å². The van der Waals surface area contributed by atoms with E-state index in [2.05, 4.69) is 0 Å². The molecular weight excluding hydrogens is 522 g/mol. The zero-order chi connectivity index (χ0) is 26.4. The van der Waals surface area contributed by atoms with Crippen LogP contribution in [0.15, 0.2) is 77.7 Å². The van der Waals surface area contributed by atoms with Crippen molar-refractivity contribution < 1.29 is 14.3 Å². The highest BCUT2D eigenvalue weighted by molar-refractivity contribution is 7.98. The number of hydrogen-bond donors (Lipinski definition) is 2. The van der Waals surface area contributed by atoms with Gasteiger partial charge in [-0.05, 0) is 49.4 Å². The van der Waals surface area contributed by atoms with Crippen molar-refractivity contribution >= 4 is 58.6 Å². The van der Waals surface area contributed by atoms with Crippen molar-refractivity contribution in [3.63, 3.8) is 0 Å². The molecule has 0 bridgehead atoms. The third-order valence-corrected chi connectivity index (χ3v) is 6.92. The normalized spacial score (nSPS) is 10.6. The van der Waals surface area contributed by atoms with Crippen LogP contribution in [0.5, 0.6) is 0 Å². The fraction of sp³-hybridized carbons (Fsp3) is 0.214. The van der Waals surface area contributed by atoms with Gasteiger partial charge in [0.25, 0.3) is 5.91 Å². The van der Waals surface area contributed by atoms with E-state index in [4.69, 9.17) is 20.9 Å². The number of nitrogen functional groups attached to an aromatic ring is 1. The van der Waals surface area contributed by atoms with Gasteiger partial charge in [0.15, 0.2) is 0 Å². The molecule has 0 unspecified atom stereocenters. The summed E-state index contributed by atoms with van der Waals surface area (Å²) < 4.78 is 7.08. The number of amidine groups is 1. The number of aryl methyl sites for hydroxylation is 1. The maximum absolute atomic E-state index is 13.5. The molecule has 1 aromatic heterocycles. The number of aromatic nitrogens is 2. The second kappa shape index (κ2) is 13.1. The van der Waals surface area contributed by atoms with Crippen molar-refractivity contribution in [2.24, 2.45) is 12.8 Å². The molecule has 198 valence electrons. The van der Waals surface area contributed by atoms with Crippen LogP contribution in [0.2, 0.25) is 0 Å². The first-order valence-corrected chi connectivity index (χ1v) is 12.9. The number of carbonyl (C=O) groups excluding carboxylic acids is 2. The zero-order valence-corrected chi connectivity index (χ0v) is 22.8. The number of ether oxygens (including phenoxy) is 1. The predicted molar refractivity (Wildman–Crippen MR) is 154 cm³/mol. The molecule has 1 heterocycles. The van der Waals surface area contributed by atoms with Gasteiger partial charge in [0, 0.05) is 35.3 Å². The van der Waals surface area contributed by atoms with E-state index in [-0.39, 0.29) is 43.1 Å². The number of nitrogens with zero attached hydrogens (tertiary/aromatic N) is 3. The summed E-state index contributed by atoms with van der Waals surface area (Å²) in [5, 5.41) is 7.52. The Morgan fingerprint density at radius 2 is 1.74 bits per heavy atom. The van der Waals surface area contributed by atoms with E-state index >= 15 is 0 Å². The molecule has 4 rings (SSSR count). The zero-order valence-electron chi connectivity index (χ0n) is 21.2. The predicted octanol–water partition coefficient (Wildman–Crippen LogP) is 5.17. The van der Waals surface area contributed by atoms with Gasteiger partial charge in [0.2, 0.25) is 0 Å². The van der Waals surface area contributed by atoms with Gasteiger partial charge in [-0.25, -0.2) is 4.98 Å². The highest BCUT2D eigenvalue weighted by Gasteiger charge is 2.20. The molecule has 0 saturated heterocycles. The third kappa shape index (κ3) is 6.73. The summed E-state index contributed by atoms with van der Waals surface area (Å²) in [4.78, 5) is 33.0. The van der Waals surface area contributed by atoms with E-state index in [0.29, 0.717) is 29.2 Å². The molecule has 0 fully saturated rings. The first kappa shape index (κ1) is 28.7. The minimum atomic E-state index is -0.338. The van der Waals surface area contributed by atoms with Crippen LogP contribution in [0.3, 0.4) is 0 Å². The van der Waals surface area contributed by atoms with Crippen molar-refractivity contribution in [1.29, 1.82) is 5.41 Å². The molecule has 8 nitrogen and oxygen atoms in total. The molecule has 4 aromatic rings. The smallest absolute Gasteiger partial charge is 0.307 e. The van der Waals surface area contributed by atoms with E-state index in [1.165, 1.54) is 0 Å². The van der Waals surface area contributed by atoms with Gasteiger partial charge in [-0.1, -0.05) is 30.3 Å². The van der Waals surface area contributed by atoms with Crippen molar-refractivity contribution in [2.45, 2.75) is 24.0 Å². The summed E-state index contributed by atoms with van der Waals surface area (Å²) in [6.45, 7) is 2.28. The number of benzene rings is 3. The summed E-state index contributed by atoms with van der Waals surface area (Å²) in [6, 6.07) is 22.3. The van der Waals surface area contributed by atoms with Gasteiger partial charge in [-0.3, -0.25) is 15.0 Å². The fourth-order valence-electron chi connectivity index (χ4n) is 3.94. The summed E-state index contributed by atoms with van der Waals surface area (Å²) >= 11 is 1.64. The average Bonchev–Trinajstić information content (AvgIpc) is 3.23. The van der Waals surface area contributed by atoms with Gasteiger partial charge in [-0.15, -0.1) is 24.2 Å². The van der Waals surface area contributed by atoms with Crippen LogP contribution in [-0.2, 0) is 22.3 Å². The molecule has 0 saturated carbocycles. The van der Waals surface area contributed by atoms with Crippen LogP contribution >= 0.6 is 24.2 Å². The number of imidazole rings is 1. The highest BCUT2D eigenvalue weighted by atomic mass is 35.5. The monoisotopic (exact) mass is 551 g/mol. The lowest BCUT2D eigenvalue weighted by molar-refractivity contribution is -0.142. The number of nitrogens with two attached hydrogens (primary N) is 1. The van der Waals surface area contributed by atoms with E-state index < -0.39 is 0 Å². The Labute approximate surface area is 232 Å². The number of thioether (sulfide) groups is 1. The topological polar surface area (TPSA) is 114 Å². The number of halogens is 1. The summed E-state index contributed by atoms with van der Waals surface area (Å²) in [6.07, 6.45) is 0.106. The van der Waals surface area contributed by atoms with Crippen molar-refractivity contribution in [2.75, 3.05) is 18.1 Å². The molecular formula is C28H30ClN5O3S. The Bertz CT molecular complexity index is 1420. The summed E-state index contributed by atoms with van der Waals surface area (Å²) in [5.41, 5.74) is 9.10. The Balaban J connectivity index is 0.00000400. The van der Waals surface area contributed by atoms with E-state index in [0.717, 1.165) is 21.8 Å². The first-order valence-electron chi connectivity index (χ1n) is 11.9.